The van der Waals surface area contributed by atoms with Crippen LogP contribution in [0.4, 0.5) is 0 Å². The van der Waals surface area contributed by atoms with Gasteiger partial charge in [0.2, 0.25) is 0 Å². The second-order valence-electron chi connectivity index (χ2n) is 6.91. The Kier molecular flexibility index (Phi) is 6.87. The van der Waals surface area contributed by atoms with E-state index in [2.05, 4.69) is 76.2 Å². The fourth-order valence-electron chi connectivity index (χ4n) is 3.38. The Labute approximate surface area is 147 Å². The van der Waals surface area contributed by atoms with E-state index in [1.165, 1.54) is 11.1 Å². The first-order valence-electron chi connectivity index (χ1n) is 9.26. The van der Waals surface area contributed by atoms with Gasteiger partial charge in [0.1, 0.15) is 7.14 Å². The number of rotatable bonds is 8. The second-order valence-corrected chi connectivity index (χ2v) is 9.99. The molecule has 2 heteroatoms. The Morgan fingerprint density at radius 3 is 1.58 bits per heavy atom. The van der Waals surface area contributed by atoms with Crippen LogP contribution in [-0.4, -0.2) is 5.66 Å². The molecule has 0 aliphatic rings. The van der Waals surface area contributed by atoms with Crippen LogP contribution in [0, 0.1) is 13.8 Å². The smallest absolute Gasteiger partial charge is 0.146 e. The van der Waals surface area contributed by atoms with Gasteiger partial charge in [-0.25, -0.2) is 0 Å². The lowest BCUT2D eigenvalue weighted by atomic mass is 10.1. The zero-order chi connectivity index (χ0) is 17.6. The molecule has 1 unspecified atom stereocenters. The SMILES string of the molecule is CCCCC(CCC)P(=O)(c1ccc(C)cc1)c1ccc(C)cc1. The third-order valence-electron chi connectivity index (χ3n) is 4.86. The third kappa shape index (κ3) is 4.19. The average Bonchev–Trinajstić information content (AvgIpc) is 2.59. The molecule has 0 spiro atoms. The zero-order valence-corrected chi connectivity index (χ0v) is 16.5. The van der Waals surface area contributed by atoms with Gasteiger partial charge in [0, 0.05) is 16.3 Å². The van der Waals surface area contributed by atoms with Crippen molar-refractivity contribution in [2.45, 2.75) is 65.5 Å². The topological polar surface area (TPSA) is 17.1 Å². The predicted octanol–water partition coefficient (Wildman–Crippen LogP) is 5.98. The Hall–Kier alpha value is -1.33. The molecule has 0 heterocycles. The minimum absolute atomic E-state index is 0.243. The van der Waals surface area contributed by atoms with Crippen molar-refractivity contribution in [2.24, 2.45) is 0 Å². The van der Waals surface area contributed by atoms with Gasteiger partial charge in [0.05, 0.1) is 0 Å². The fraction of sp³-hybridized carbons (Fsp3) is 0.455. The van der Waals surface area contributed by atoms with Crippen LogP contribution < -0.4 is 10.6 Å². The molecule has 0 radical (unpaired) electrons. The summed E-state index contributed by atoms with van der Waals surface area (Å²) >= 11 is 0. The highest BCUT2D eigenvalue weighted by molar-refractivity contribution is 7.79. The van der Waals surface area contributed by atoms with Gasteiger partial charge in [-0.1, -0.05) is 92.8 Å². The van der Waals surface area contributed by atoms with Crippen molar-refractivity contribution in [1.82, 2.24) is 0 Å². The molecule has 0 saturated heterocycles. The molecule has 0 amide bonds. The normalized spacial score (nSPS) is 13.0. The molecule has 24 heavy (non-hydrogen) atoms. The van der Waals surface area contributed by atoms with E-state index in [1.807, 2.05) is 0 Å². The third-order valence-corrected chi connectivity index (χ3v) is 8.54. The summed E-state index contributed by atoms with van der Waals surface area (Å²) in [6.07, 6.45) is 5.45. The maximum absolute atomic E-state index is 14.4. The van der Waals surface area contributed by atoms with E-state index in [0.29, 0.717) is 0 Å². The minimum atomic E-state index is -2.62. The molecular weight excluding hydrogens is 311 g/mol. The molecule has 0 fully saturated rings. The maximum Gasteiger partial charge on any atom is 0.146 e. The number of unbranched alkanes of at least 4 members (excludes halogenated alkanes) is 1. The largest absolute Gasteiger partial charge is 0.313 e. The van der Waals surface area contributed by atoms with Crippen LogP contribution in [-0.2, 0) is 4.57 Å². The van der Waals surface area contributed by atoms with Gasteiger partial charge < -0.3 is 4.57 Å². The van der Waals surface area contributed by atoms with Crippen molar-refractivity contribution in [1.29, 1.82) is 0 Å². The number of benzene rings is 2. The number of hydrogen-bond acceptors (Lipinski definition) is 1. The first-order chi connectivity index (χ1) is 11.5. The lowest BCUT2D eigenvalue weighted by molar-refractivity contribution is 0.553. The van der Waals surface area contributed by atoms with Crippen LogP contribution in [0.1, 0.15) is 57.1 Å². The van der Waals surface area contributed by atoms with E-state index in [9.17, 15) is 4.57 Å². The Morgan fingerprint density at radius 1 is 0.750 bits per heavy atom. The summed E-state index contributed by atoms with van der Waals surface area (Å²) in [6, 6.07) is 16.7. The average molecular weight is 342 g/mol. The molecule has 0 aliphatic carbocycles. The monoisotopic (exact) mass is 342 g/mol. The molecule has 0 aliphatic heterocycles. The van der Waals surface area contributed by atoms with E-state index in [1.54, 1.807) is 0 Å². The van der Waals surface area contributed by atoms with Gasteiger partial charge in [-0.05, 0) is 26.7 Å². The highest BCUT2D eigenvalue weighted by Gasteiger charge is 2.35. The molecule has 1 atom stereocenters. The van der Waals surface area contributed by atoms with Crippen LogP contribution in [0.3, 0.4) is 0 Å². The highest BCUT2D eigenvalue weighted by atomic mass is 31.2. The second kappa shape index (κ2) is 8.67. The molecule has 2 aromatic rings. The summed E-state index contributed by atoms with van der Waals surface area (Å²) in [6.45, 7) is 8.58. The van der Waals surface area contributed by atoms with Crippen molar-refractivity contribution in [3.63, 3.8) is 0 Å². The summed E-state index contributed by atoms with van der Waals surface area (Å²) in [5.41, 5.74) is 2.68. The van der Waals surface area contributed by atoms with Crippen molar-refractivity contribution in [3.05, 3.63) is 59.7 Å². The van der Waals surface area contributed by atoms with Gasteiger partial charge >= 0.3 is 0 Å². The van der Waals surface area contributed by atoms with E-state index in [-0.39, 0.29) is 5.66 Å². The molecular formula is C22H31OP. The van der Waals surface area contributed by atoms with Crippen LogP contribution in [0.15, 0.2) is 48.5 Å². The van der Waals surface area contributed by atoms with Crippen LogP contribution in [0.5, 0.6) is 0 Å². The molecule has 2 rings (SSSR count). The zero-order valence-electron chi connectivity index (χ0n) is 15.6. The van der Waals surface area contributed by atoms with E-state index in [4.69, 9.17) is 0 Å². The molecule has 2 aromatic carbocycles. The number of hydrogen-bond donors (Lipinski definition) is 0. The molecule has 0 aromatic heterocycles. The quantitative estimate of drug-likeness (QED) is 0.540. The van der Waals surface area contributed by atoms with Crippen LogP contribution in [0.2, 0.25) is 0 Å². The molecule has 0 saturated carbocycles. The van der Waals surface area contributed by atoms with Gasteiger partial charge in [-0.2, -0.15) is 0 Å². The number of aryl methyl sites for hydroxylation is 2. The standard InChI is InChI=1S/C22H31OP/c1-5-7-9-20(8-6-2)24(23,21-14-10-18(3)11-15-21)22-16-12-19(4)13-17-22/h10-17,20H,5-9H2,1-4H3. The summed E-state index contributed by atoms with van der Waals surface area (Å²) in [4.78, 5) is 0. The maximum atomic E-state index is 14.4. The summed E-state index contributed by atoms with van der Waals surface area (Å²) < 4.78 is 14.4. The Bertz CT molecular complexity index is 621. The van der Waals surface area contributed by atoms with Crippen LogP contribution >= 0.6 is 7.14 Å². The van der Waals surface area contributed by atoms with Gasteiger partial charge in [0.15, 0.2) is 0 Å². The first kappa shape index (κ1) is 19.0. The molecule has 0 N–H and O–H groups in total. The Morgan fingerprint density at radius 2 is 1.21 bits per heavy atom. The lowest BCUT2D eigenvalue weighted by Gasteiger charge is -2.29. The molecule has 130 valence electrons. The van der Waals surface area contributed by atoms with Crippen molar-refractivity contribution in [2.75, 3.05) is 0 Å². The van der Waals surface area contributed by atoms with Gasteiger partial charge in [-0.3, -0.25) is 0 Å². The van der Waals surface area contributed by atoms with E-state index >= 15 is 0 Å². The summed E-state index contributed by atoms with van der Waals surface area (Å²) in [5.74, 6) is 0. The lowest BCUT2D eigenvalue weighted by Crippen LogP contribution is -2.26. The fourth-order valence-corrected chi connectivity index (χ4v) is 6.88. The van der Waals surface area contributed by atoms with Gasteiger partial charge in [-0.15, -0.1) is 0 Å². The highest BCUT2D eigenvalue weighted by Crippen LogP contribution is 2.52. The molecule has 0 bridgehead atoms. The summed E-state index contributed by atoms with van der Waals surface area (Å²) in [7, 11) is -2.62. The van der Waals surface area contributed by atoms with E-state index < -0.39 is 7.14 Å². The molecule has 1 nitrogen and oxygen atoms in total. The van der Waals surface area contributed by atoms with Crippen molar-refractivity contribution >= 4 is 17.8 Å². The van der Waals surface area contributed by atoms with Crippen LogP contribution in [0.25, 0.3) is 0 Å². The predicted molar refractivity (Wildman–Crippen MR) is 107 cm³/mol. The minimum Gasteiger partial charge on any atom is -0.313 e. The van der Waals surface area contributed by atoms with E-state index in [0.717, 1.165) is 42.7 Å². The van der Waals surface area contributed by atoms with Gasteiger partial charge in [0.25, 0.3) is 0 Å². The van der Waals surface area contributed by atoms with Crippen molar-refractivity contribution in [3.8, 4) is 0 Å². The van der Waals surface area contributed by atoms with Crippen molar-refractivity contribution < 1.29 is 4.57 Å². The first-order valence-corrected chi connectivity index (χ1v) is 11.0. The Balaban J connectivity index is 2.56. The summed E-state index contributed by atoms with van der Waals surface area (Å²) in [5, 5.41) is 2.04.